The molecule has 0 aliphatic heterocycles. The third-order valence-corrected chi connectivity index (χ3v) is 2.93. The van der Waals surface area contributed by atoms with Crippen LogP contribution in [-0.4, -0.2) is 33.8 Å². The van der Waals surface area contributed by atoms with E-state index in [-0.39, 0.29) is 18.4 Å². The summed E-state index contributed by atoms with van der Waals surface area (Å²) in [6.07, 6.45) is 4.26. The molecule has 0 spiro atoms. The number of imidazole rings is 1. The van der Waals surface area contributed by atoms with Gasteiger partial charge in [-0.25, -0.2) is 14.2 Å². The van der Waals surface area contributed by atoms with Crippen LogP contribution in [0.5, 0.6) is 0 Å². The quantitative estimate of drug-likeness (QED) is 0.744. The summed E-state index contributed by atoms with van der Waals surface area (Å²) < 4.78 is 14.6. The molecule has 1 heterocycles. The van der Waals surface area contributed by atoms with Gasteiger partial charge in [0.2, 0.25) is 0 Å². The fourth-order valence-corrected chi connectivity index (χ4v) is 1.77. The Labute approximate surface area is 121 Å². The summed E-state index contributed by atoms with van der Waals surface area (Å²) in [5, 5.41) is 15.1. The van der Waals surface area contributed by atoms with Gasteiger partial charge in [-0.2, -0.15) is 0 Å². The van der Waals surface area contributed by atoms with Crippen molar-refractivity contribution in [2.24, 2.45) is 0 Å². The van der Waals surface area contributed by atoms with E-state index in [2.05, 4.69) is 15.6 Å². The Balaban J connectivity index is 1.67. The summed E-state index contributed by atoms with van der Waals surface area (Å²) in [4.78, 5) is 15.4. The van der Waals surface area contributed by atoms with Crippen molar-refractivity contribution in [3.05, 3.63) is 54.4 Å². The largest absolute Gasteiger partial charge is 0.387 e. The highest BCUT2D eigenvalue weighted by atomic mass is 19.1. The number of nitrogens with one attached hydrogen (secondary N) is 2. The lowest BCUT2D eigenvalue weighted by Gasteiger charge is -2.13. The number of hydrogen-bond acceptors (Lipinski definition) is 3. The molecule has 0 radical (unpaired) electrons. The van der Waals surface area contributed by atoms with Gasteiger partial charge >= 0.3 is 6.03 Å². The highest BCUT2D eigenvalue weighted by Crippen LogP contribution is 2.12. The van der Waals surface area contributed by atoms with Gasteiger partial charge < -0.3 is 20.3 Å². The molecular weight excluding hydrogens is 275 g/mol. The molecule has 3 N–H and O–H groups in total. The molecule has 1 unspecified atom stereocenters. The van der Waals surface area contributed by atoms with Crippen molar-refractivity contribution < 1.29 is 14.3 Å². The van der Waals surface area contributed by atoms with E-state index in [0.717, 1.165) is 0 Å². The molecule has 6 nitrogen and oxygen atoms in total. The van der Waals surface area contributed by atoms with Crippen LogP contribution in [0.4, 0.5) is 9.18 Å². The summed E-state index contributed by atoms with van der Waals surface area (Å²) in [5.74, 6) is -0.365. The summed E-state index contributed by atoms with van der Waals surface area (Å²) in [6, 6.07) is 5.14. The monoisotopic (exact) mass is 292 g/mol. The zero-order valence-electron chi connectivity index (χ0n) is 11.4. The molecule has 7 heteroatoms. The van der Waals surface area contributed by atoms with Crippen LogP contribution in [0, 0.1) is 5.82 Å². The van der Waals surface area contributed by atoms with Crippen LogP contribution in [0.15, 0.2) is 43.0 Å². The van der Waals surface area contributed by atoms with Crippen LogP contribution in [-0.2, 0) is 6.54 Å². The van der Waals surface area contributed by atoms with Gasteiger partial charge in [0.05, 0.1) is 12.4 Å². The Morgan fingerprint density at radius 2 is 2.10 bits per heavy atom. The highest BCUT2D eigenvalue weighted by Gasteiger charge is 2.09. The lowest BCUT2D eigenvalue weighted by molar-refractivity contribution is 0.173. The predicted octanol–water partition coefficient (Wildman–Crippen LogP) is 1.05. The number of benzene rings is 1. The van der Waals surface area contributed by atoms with Crippen molar-refractivity contribution in [3.63, 3.8) is 0 Å². The average Bonchev–Trinajstić information content (AvgIpc) is 2.99. The zero-order chi connectivity index (χ0) is 15.1. The number of urea groups is 1. The van der Waals surface area contributed by atoms with E-state index < -0.39 is 6.10 Å². The smallest absolute Gasteiger partial charge is 0.314 e. The first-order valence-electron chi connectivity index (χ1n) is 6.56. The fraction of sp³-hybridized carbons (Fsp3) is 0.286. The summed E-state index contributed by atoms with van der Waals surface area (Å²) >= 11 is 0. The number of rotatable bonds is 6. The molecule has 0 aliphatic carbocycles. The molecule has 2 amide bonds. The van der Waals surface area contributed by atoms with Gasteiger partial charge in [-0.15, -0.1) is 0 Å². The minimum absolute atomic E-state index is 0.0581. The molecule has 0 saturated heterocycles. The molecule has 2 rings (SSSR count). The average molecular weight is 292 g/mol. The maximum absolute atomic E-state index is 12.8. The number of hydrogen-bond donors (Lipinski definition) is 3. The Kier molecular flexibility index (Phi) is 5.28. The van der Waals surface area contributed by atoms with Crippen LogP contribution in [0.25, 0.3) is 0 Å². The van der Waals surface area contributed by atoms with Crippen molar-refractivity contribution in [2.75, 3.05) is 13.1 Å². The summed E-state index contributed by atoms with van der Waals surface area (Å²) in [5.41, 5.74) is 0.551. The number of aliphatic hydroxyl groups excluding tert-OH is 1. The molecule has 21 heavy (non-hydrogen) atoms. The minimum Gasteiger partial charge on any atom is -0.387 e. The topological polar surface area (TPSA) is 79.2 Å². The summed E-state index contributed by atoms with van der Waals surface area (Å²) in [6.45, 7) is 1.13. The number of halogens is 1. The summed E-state index contributed by atoms with van der Waals surface area (Å²) in [7, 11) is 0. The molecule has 0 fully saturated rings. The Morgan fingerprint density at radius 1 is 1.33 bits per heavy atom. The van der Waals surface area contributed by atoms with E-state index in [1.165, 1.54) is 24.3 Å². The normalized spacial score (nSPS) is 11.9. The van der Waals surface area contributed by atoms with Crippen molar-refractivity contribution in [2.45, 2.75) is 12.6 Å². The first kappa shape index (κ1) is 15.0. The van der Waals surface area contributed by atoms with Gasteiger partial charge in [0.25, 0.3) is 0 Å². The van der Waals surface area contributed by atoms with Gasteiger partial charge in [0, 0.05) is 32.0 Å². The van der Waals surface area contributed by atoms with E-state index in [9.17, 15) is 14.3 Å². The van der Waals surface area contributed by atoms with Crippen molar-refractivity contribution in [1.29, 1.82) is 0 Å². The van der Waals surface area contributed by atoms with Crippen LogP contribution >= 0.6 is 0 Å². The molecule has 1 aromatic heterocycles. The third-order valence-electron chi connectivity index (χ3n) is 2.93. The van der Waals surface area contributed by atoms with Gasteiger partial charge in [-0.05, 0) is 17.7 Å². The Hall–Kier alpha value is -2.41. The third kappa shape index (κ3) is 4.88. The predicted molar refractivity (Wildman–Crippen MR) is 75.0 cm³/mol. The van der Waals surface area contributed by atoms with Crippen LogP contribution < -0.4 is 10.6 Å². The van der Waals surface area contributed by atoms with Gasteiger partial charge in [0.15, 0.2) is 0 Å². The first-order valence-corrected chi connectivity index (χ1v) is 6.56. The second kappa shape index (κ2) is 7.39. The second-order valence-electron chi connectivity index (χ2n) is 4.50. The van der Waals surface area contributed by atoms with Crippen LogP contribution in [0.1, 0.15) is 11.7 Å². The van der Waals surface area contributed by atoms with Crippen LogP contribution in [0.3, 0.4) is 0 Å². The lowest BCUT2D eigenvalue weighted by Crippen LogP contribution is -2.39. The van der Waals surface area contributed by atoms with E-state index >= 15 is 0 Å². The van der Waals surface area contributed by atoms with Crippen LogP contribution in [0.2, 0.25) is 0 Å². The van der Waals surface area contributed by atoms with E-state index in [0.29, 0.717) is 18.7 Å². The second-order valence-corrected chi connectivity index (χ2v) is 4.50. The molecule has 0 saturated carbocycles. The SMILES string of the molecule is O=C(NCCn1ccnc1)NCC(O)c1ccc(F)cc1. The maximum Gasteiger partial charge on any atom is 0.314 e. The lowest BCUT2D eigenvalue weighted by atomic mass is 10.1. The molecule has 0 aliphatic rings. The highest BCUT2D eigenvalue weighted by molar-refractivity contribution is 5.73. The van der Waals surface area contributed by atoms with Gasteiger partial charge in [-0.1, -0.05) is 12.1 Å². The van der Waals surface area contributed by atoms with Gasteiger partial charge in [-0.3, -0.25) is 0 Å². The zero-order valence-corrected chi connectivity index (χ0v) is 11.4. The van der Waals surface area contributed by atoms with Crippen molar-refractivity contribution >= 4 is 6.03 Å². The molecule has 1 aromatic carbocycles. The standard InChI is InChI=1S/C14H17FN4O2/c15-12-3-1-11(2-4-12)13(20)9-18-14(21)17-6-8-19-7-5-16-10-19/h1-5,7,10,13,20H,6,8-9H2,(H2,17,18,21). The Bertz CT molecular complexity index is 557. The molecule has 2 aromatic rings. The Morgan fingerprint density at radius 3 is 2.76 bits per heavy atom. The van der Waals surface area contributed by atoms with Crippen molar-refractivity contribution in [1.82, 2.24) is 20.2 Å². The van der Waals surface area contributed by atoms with E-state index in [4.69, 9.17) is 0 Å². The van der Waals surface area contributed by atoms with Crippen molar-refractivity contribution in [3.8, 4) is 0 Å². The molecule has 0 bridgehead atoms. The number of nitrogens with zero attached hydrogens (tertiary/aromatic N) is 2. The number of aliphatic hydroxyl groups is 1. The fourth-order valence-electron chi connectivity index (χ4n) is 1.77. The number of carbonyl (C=O) groups is 1. The number of aromatic nitrogens is 2. The minimum atomic E-state index is -0.870. The molecule has 112 valence electrons. The maximum atomic E-state index is 12.8. The van der Waals surface area contributed by atoms with Gasteiger partial charge in [0.1, 0.15) is 5.82 Å². The number of amides is 2. The molecular formula is C14H17FN4O2. The molecule has 1 atom stereocenters. The number of carbonyl (C=O) groups excluding carboxylic acids is 1. The first-order chi connectivity index (χ1) is 10.1. The van der Waals surface area contributed by atoms with E-state index in [1.54, 1.807) is 18.7 Å². The van der Waals surface area contributed by atoms with E-state index in [1.807, 2.05) is 4.57 Å².